The van der Waals surface area contributed by atoms with Crippen LogP contribution in [0.5, 0.6) is 5.75 Å². The number of aliphatic hydroxyl groups excluding tert-OH is 1. The Morgan fingerprint density at radius 1 is 1.26 bits per heavy atom. The van der Waals surface area contributed by atoms with Gasteiger partial charge in [0.05, 0.1) is 30.2 Å². The molecule has 8 nitrogen and oxygen atoms in total. The van der Waals surface area contributed by atoms with Crippen LogP contribution in [0.4, 0.5) is 14.5 Å². The molecule has 2 rings (SSSR count). The number of nitrogens with one attached hydrogen (secondary N) is 3. The Balaban J connectivity index is 0.000000489. The zero-order chi connectivity index (χ0) is 25.7. The molecule has 0 saturated heterocycles. The Morgan fingerprint density at radius 2 is 1.97 bits per heavy atom. The molecule has 0 aliphatic rings. The van der Waals surface area contributed by atoms with Crippen LogP contribution in [0.3, 0.4) is 0 Å². The minimum atomic E-state index is -2.93. The third-order valence-corrected chi connectivity index (χ3v) is 4.53. The largest absolute Gasteiger partial charge is 0.435 e. The summed E-state index contributed by atoms with van der Waals surface area (Å²) in [4.78, 5) is 15.1. The van der Waals surface area contributed by atoms with Gasteiger partial charge in [-0.05, 0) is 52.9 Å². The van der Waals surface area contributed by atoms with E-state index in [4.69, 9.17) is 15.3 Å². The van der Waals surface area contributed by atoms with Gasteiger partial charge < -0.3 is 25.2 Å². The van der Waals surface area contributed by atoms with Crippen molar-refractivity contribution in [3.63, 3.8) is 0 Å². The Kier molecular flexibility index (Phi) is 12.9. The number of aliphatic hydroxyl groups is 1. The van der Waals surface area contributed by atoms with Gasteiger partial charge in [-0.15, -0.1) is 0 Å². The molecule has 2 atom stereocenters. The second-order valence-electron chi connectivity index (χ2n) is 7.66. The molecule has 0 bridgehead atoms. The van der Waals surface area contributed by atoms with Crippen molar-refractivity contribution in [1.82, 2.24) is 10.3 Å². The van der Waals surface area contributed by atoms with E-state index < -0.39 is 6.61 Å². The molecule has 188 valence electrons. The van der Waals surface area contributed by atoms with Gasteiger partial charge in [-0.3, -0.25) is 15.2 Å². The van der Waals surface area contributed by atoms with E-state index in [0.29, 0.717) is 42.0 Å². The molecule has 2 aromatic rings. The Morgan fingerprint density at radius 3 is 2.50 bits per heavy atom. The first-order chi connectivity index (χ1) is 16.1. The van der Waals surface area contributed by atoms with E-state index >= 15 is 0 Å². The van der Waals surface area contributed by atoms with Gasteiger partial charge in [-0.2, -0.15) is 8.78 Å². The summed E-state index contributed by atoms with van der Waals surface area (Å²) in [5.74, 6) is -0.0323. The van der Waals surface area contributed by atoms with Crippen molar-refractivity contribution < 1.29 is 28.2 Å². The molecule has 0 aliphatic heterocycles. The summed E-state index contributed by atoms with van der Waals surface area (Å²) in [5.41, 5.74) is 1.65. The highest BCUT2D eigenvalue weighted by molar-refractivity contribution is 6.13. The summed E-state index contributed by atoms with van der Waals surface area (Å²) in [6, 6.07) is 7.59. The van der Waals surface area contributed by atoms with Crippen LogP contribution in [-0.2, 0) is 4.74 Å². The molecule has 0 spiro atoms. The Labute approximate surface area is 199 Å². The molecular weight excluding hydrogens is 446 g/mol. The predicted octanol–water partition coefficient (Wildman–Crippen LogP) is 3.72. The normalized spacial score (nSPS) is 12.5. The number of pyridine rings is 1. The van der Waals surface area contributed by atoms with Crippen molar-refractivity contribution in [2.75, 3.05) is 25.6 Å². The number of benzene rings is 1. The number of halogens is 2. The molecule has 0 fully saturated rings. The topological polar surface area (TPSA) is 117 Å². The van der Waals surface area contributed by atoms with Crippen LogP contribution in [0.2, 0.25) is 0 Å². The van der Waals surface area contributed by atoms with E-state index in [9.17, 15) is 13.6 Å². The third-order valence-electron chi connectivity index (χ3n) is 4.53. The SMILES string of the molecule is CC(C)Nc1cc(C=O)cnc1C(=N)c1cccc(OC(F)F)c1.CCOCC(NC)[C@@H](C)O. The minimum Gasteiger partial charge on any atom is -0.435 e. The minimum absolute atomic E-state index is 0.0323. The van der Waals surface area contributed by atoms with Crippen LogP contribution in [-0.4, -0.2) is 67.1 Å². The predicted molar refractivity (Wildman–Crippen MR) is 128 cm³/mol. The molecule has 34 heavy (non-hydrogen) atoms. The number of alkyl halides is 2. The van der Waals surface area contributed by atoms with Gasteiger partial charge in [0.15, 0.2) is 6.29 Å². The number of aldehydes is 1. The van der Waals surface area contributed by atoms with Crippen molar-refractivity contribution >= 4 is 17.7 Å². The van der Waals surface area contributed by atoms with Crippen molar-refractivity contribution in [2.45, 2.75) is 52.5 Å². The Hall–Kier alpha value is -2.95. The van der Waals surface area contributed by atoms with Gasteiger partial charge >= 0.3 is 6.61 Å². The quantitative estimate of drug-likeness (QED) is 0.270. The van der Waals surface area contributed by atoms with Gasteiger partial charge in [-0.25, -0.2) is 0 Å². The van der Waals surface area contributed by atoms with E-state index in [1.54, 1.807) is 19.1 Å². The van der Waals surface area contributed by atoms with Crippen LogP contribution in [0, 0.1) is 5.41 Å². The maximum atomic E-state index is 12.3. The molecule has 0 aliphatic carbocycles. The lowest BCUT2D eigenvalue weighted by Crippen LogP contribution is -2.39. The lowest BCUT2D eigenvalue weighted by Gasteiger charge is -2.18. The molecule has 4 N–H and O–H groups in total. The van der Waals surface area contributed by atoms with Gasteiger partial charge in [0.1, 0.15) is 11.4 Å². The summed E-state index contributed by atoms with van der Waals surface area (Å²) < 4.78 is 34.2. The average Bonchev–Trinajstić information content (AvgIpc) is 2.78. The molecule has 0 amide bonds. The van der Waals surface area contributed by atoms with E-state index in [1.807, 2.05) is 27.8 Å². The third kappa shape index (κ3) is 9.90. The van der Waals surface area contributed by atoms with E-state index in [2.05, 4.69) is 20.4 Å². The van der Waals surface area contributed by atoms with Crippen LogP contribution in [0.1, 0.15) is 49.3 Å². The highest BCUT2D eigenvalue weighted by Crippen LogP contribution is 2.22. The van der Waals surface area contributed by atoms with Crippen LogP contribution in [0.25, 0.3) is 0 Å². The van der Waals surface area contributed by atoms with Crippen LogP contribution >= 0.6 is 0 Å². The van der Waals surface area contributed by atoms with E-state index in [1.165, 1.54) is 24.4 Å². The van der Waals surface area contributed by atoms with Crippen molar-refractivity contribution in [3.8, 4) is 5.75 Å². The molecule has 1 heterocycles. The van der Waals surface area contributed by atoms with Gasteiger partial charge in [0.2, 0.25) is 0 Å². The monoisotopic (exact) mass is 480 g/mol. The smallest absolute Gasteiger partial charge is 0.387 e. The molecule has 10 heteroatoms. The van der Waals surface area contributed by atoms with Crippen molar-refractivity contribution in [2.24, 2.45) is 0 Å². The molecule has 1 aromatic carbocycles. The second-order valence-corrected chi connectivity index (χ2v) is 7.66. The van der Waals surface area contributed by atoms with Crippen molar-refractivity contribution in [3.05, 3.63) is 53.3 Å². The molecule has 1 unspecified atom stereocenters. The zero-order valence-electron chi connectivity index (χ0n) is 20.1. The fraction of sp³-hybridized carbons (Fsp3) is 0.458. The summed E-state index contributed by atoms with van der Waals surface area (Å²) in [6.45, 7) is 5.86. The van der Waals surface area contributed by atoms with E-state index in [0.717, 1.165) is 0 Å². The first-order valence-electron chi connectivity index (χ1n) is 10.9. The lowest BCUT2D eigenvalue weighted by molar-refractivity contribution is -0.0498. The first kappa shape index (κ1) is 29.1. The highest BCUT2D eigenvalue weighted by atomic mass is 19.3. The maximum Gasteiger partial charge on any atom is 0.387 e. The number of hydrogen-bond acceptors (Lipinski definition) is 8. The van der Waals surface area contributed by atoms with Gasteiger partial charge in [0, 0.05) is 30.0 Å². The average molecular weight is 481 g/mol. The summed E-state index contributed by atoms with van der Waals surface area (Å²) in [6.07, 6.45) is 1.68. The summed E-state index contributed by atoms with van der Waals surface area (Å²) in [5, 5.41) is 23.5. The number of carbonyl (C=O) groups is 1. The van der Waals surface area contributed by atoms with Gasteiger partial charge in [0.25, 0.3) is 0 Å². The number of hydrogen-bond donors (Lipinski definition) is 4. The zero-order valence-corrected chi connectivity index (χ0v) is 20.1. The lowest BCUT2D eigenvalue weighted by atomic mass is 10.0. The molecule has 0 radical (unpaired) electrons. The van der Waals surface area contributed by atoms with Crippen LogP contribution < -0.4 is 15.4 Å². The second kappa shape index (κ2) is 15.0. The number of rotatable bonds is 12. The standard InChI is InChI=1S/C17H17F2N3O2.C7H17NO2/c1-10(2)22-14-6-11(9-23)8-21-16(14)15(20)12-4-3-5-13(7-12)24-17(18)19;1-4-10-5-7(8-3)6(2)9/h3-10,17,20,22H,1-2H3;6-9H,4-5H2,1-3H3/t;6-,7?/m.1/s1. The fourth-order valence-electron chi connectivity index (χ4n) is 2.84. The molecule has 1 aromatic heterocycles. The van der Waals surface area contributed by atoms with Crippen LogP contribution in [0.15, 0.2) is 36.5 Å². The number of anilines is 1. The fourth-order valence-corrected chi connectivity index (χ4v) is 2.84. The first-order valence-corrected chi connectivity index (χ1v) is 10.9. The maximum absolute atomic E-state index is 12.3. The number of nitrogens with zero attached hydrogens (tertiary/aromatic N) is 1. The highest BCUT2D eigenvalue weighted by Gasteiger charge is 2.15. The Bertz CT molecular complexity index is 910. The molecular formula is C24H34F2N4O4. The molecule has 0 saturated carbocycles. The van der Waals surface area contributed by atoms with Crippen molar-refractivity contribution in [1.29, 1.82) is 5.41 Å². The number of ether oxygens (including phenoxy) is 2. The summed E-state index contributed by atoms with van der Waals surface area (Å²) in [7, 11) is 1.82. The van der Waals surface area contributed by atoms with E-state index in [-0.39, 0.29) is 29.6 Å². The summed E-state index contributed by atoms with van der Waals surface area (Å²) >= 11 is 0. The number of carbonyl (C=O) groups excluding carboxylic acids is 1. The van der Waals surface area contributed by atoms with Gasteiger partial charge in [-0.1, -0.05) is 12.1 Å². The number of aromatic nitrogens is 1. The number of likely N-dealkylation sites (N-methyl/N-ethyl adjacent to an activating group) is 1.